The average Bonchev–Trinajstić information content (AvgIpc) is 2.43. The van der Waals surface area contributed by atoms with Crippen molar-refractivity contribution in [2.75, 3.05) is 21.3 Å². The highest BCUT2D eigenvalue weighted by Gasteiger charge is 2.21. The summed E-state index contributed by atoms with van der Waals surface area (Å²) in [5, 5.41) is 9.25. The molecule has 1 aromatic rings. The number of carboxylic acid groups (broad SMARTS) is 1. The molecule has 1 N–H and O–H groups in total. The zero-order chi connectivity index (χ0) is 15.3. The van der Waals surface area contributed by atoms with Crippen molar-refractivity contribution in [2.24, 2.45) is 0 Å². The van der Waals surface area contributed by atoms with E-state index in [-0.39, 0.29) is 0 Å². The van der Waals surface area contributed by atoms with Crippen LogP contribution in [0.1, 0.15) is 18.9 Å². The van der Waals surface area contributed by atoms with Crippen LogP contribution >= 0.6 is 11.6 Å². The Morgan fingerprint density at radius 2 is 1.75 bits per heavy atom. The average molecular weight is 301 g/mol. The molecular weight excluding hydrogens is 284 g/mol. The summed E-state index contributed by atoms with van der Waals surface area (Å²) in [6, 6.07) is 1.61. The predicted octanol–water partition coefficient (Wildman–Crippen LogP) is 3.24. The molecule has 0 aromatic heterocycles. The lowest BCUT2D eigenvalue weighted by Gasteiger charge is -2.18. The smallest absolute Gasteiger partial charge is 0.328 e. The maximum atomic E-state index is 10.9. The normalized spacial score (nSPS) is 11.2. The first-order chi connectivity index (χ1) is 9.49. The Morgan fingerprint density at radius 1 is 1.20 bits per heavy atom. The number of benzene rings is 1. The van der Waals surface area contributed by atoms with Crippen molar-refractivity contribution in [3.05, 3.63) is 22.7 Å². The van der Waals surface area contributed by atoms with Gasteiger partial charge in [-0.05, 0) is 18.1 Å². The van der Waals surface area contributed by atoms with Crippen LogP contribution in [-0.2, 0) is 4.79 Å². The molecule has 0 aliphatic carbocycles. The van der Waals surface area contributed by atoms with Crippen LogP contribution in [-0.4, -0.2) is 32.4 Å². The fourth-order valence-electron chi connectivity index (χ4n) is 1.93. The van der Waals surface area contributed by atoms with Crippen molar-refractivity contribution >= 4 is 23.1 Å². The van der Waals surface area contributed by atoms with E-state index in [1.54, 1.807) is 6.07 Å². The topological polar surface area (TPSA) is 65.0 Å². The highest BCUT2D eigenvalue weighted by molar-refractivity contribution is 6.32. The Balaban J connectivity index is 3.62. The van der Waals surface area contributed by atoms with E-state index in [9.17, 15) is 4.79 Å². The van der Waals surface area contributed by atoms with Crippen LogP contribution in [0.25, 0.3) is 5.57 Å². The van der Waals surface area contributed by atoms with Gasteiger partial charge in [0, 0.05) is 11.6 Å². The first kappa shape index (κ1) is 16.2. The van der Waals surface area contributed by atoms with Gasteiger partial charge in [-0.15, -0.1) is 0 Å². The molecule has 0 heterocycles. The van der Waals surface area contributed by atoms with Gasteiger partial charge in [-0.25, -0.2) is 4.79 Å². The first-order valence-electron chi connectivity index (χ1n) is 5.92. The van der Waals surface area contributed by atoms with Crippen LogP contribution in [0.15, 0.2) is 12.1 Å². The van der Waals surface area contributed by atoms with Crippen LogP contribution in [0.4, 0.5) is 0 Å². The Hall–Kier alpha value is -1.88. The van der Waals surface area contributed by atoms with Crippen molar-refractivity contribution < 1.29 is 24.1 Å². The molecular formula is C14H17ClO5. The van der Waals surface area contributed by atoms with Crippen LogP contribution in [0.2, 0.25) is 5.02 Å². The summed E-state index contributed by atoms with van der Waals surface area (Å²) in [5.41, 5.74) is 1.15. The number of aliphatic carboxylic acids is 1. The molecule has 0 saturated heterocycles. The lowest BCUT2D eigenvalue weighted by atomic mass is 10.0. The molecule has 0 bridgehead atoms. The van der Waals surface area contributed by atoms with Crippen molar-refractivity contribution in [1.29, 1.82) is 0 Å². The number of allylic oxidation sites excluding steroid dienone is 1. The fourth-order valence-corrected chi connectivity index (χ4v) is 2.20. The van der Waals surface area contributed by atoms with E-state index in [0.717, 1.165) is 6.08 Å². The zero-order valence-electron chi connectivity index (χ0n) is 11.8. The summed E-state index contributed by atoms with van der Waals surface area (Å²) >= 11 is 6.14. The van der Waals surface area contributed by atoms with Gasteiger partial charge < -0.3 is 19.3 Å². The van der Waals surface area contributed by atoms with E-state index in [0.29, 0.717) is 39.8 Å². The Kier molecular flexibility index (Phi) is 5.70. The van der Waals surface area contributed by atoms with Gasteiger partial charge in [-0.2, -0.15) is 0 Å². The second-order valence-corrected chi connectivity index (χ2v) is 4.27. The van der Waals surface area contributed by atoms with Crippen molar-refractivity contribution in [3.8, 4) is 17.2 Å². The minimum absolute atomic E-state index is 0.324. The molecule has 5 nitrogen and oxygen atoms in total. The summed E-state index contributed by atoms with van der Waals surface area (Å²) in [4.78, 5) is 10.9. The standard InChI is InChI=1S/C14H17ClO5/c1-5-8(6-11(16)17)9-7-10(15)13(19-3)14(20-4)12(9)18-2/h6-7H,5H2,1-4H3,(H,16,17)/b8-6+. The molecule has 0 aliphatic heterocycles. The largest absolute Gasteiger partial charge is 0.492 e. The number of carbonyl (C=O) groups is 1. The summed E-state index contributed by atoms with van der Waals surface area (Å²) in [5.74, 6) is 0.0423. The molecule has 6 heteroatoms. The van der Waals surface area contributed by atoms with Crippen molar-refractivity contribution in [2.45, 2.75) is 13.3 Å². The predicted molar refractivity (Wildman–Crippen MR) is 77.0 cm³/mol. The number of ether oxygens (including phenoxy) is 3. The molecule has 20 heavy (non-hydrogen) atoms. The van der Waals surface area contributed by atoms with E-state index >= 15 is 0 Å². The highest BCUT2D eigenvalue weighted by atomic mass is 35.5. The molecule has 0 saturated carbocycles. The zero-order valence-corrected chi connectivity index (χ0v) is 12.6. The van der Waals surface area contributed by atoms with E-state index < -0.39 is 5.97 Å². The SMILES string of the molecule is CC/C(=C\C(=O)O)c1cc(Cl)c(OC)c(OC)c1OC. The third-order valence-corrected chi connectivity index (χ3v) is 3.06. The number of rotatable bonds is 6. The first-order valence-corrected chi connectivity index (χ1v) is 6.30. The third-order valence-electron chi connectivity index (χ3n) is 2.78. The Bertz CT molecular complexity index is 537. The summed E-state index contributed by atoms with van der Waals surface area (Å²) in [6.07, 6.45) is 1.63. The van der Waals surface area contributed by atoms with E-state index in [1.807, 2.05) is 6.92 Å². The number of hydrogen-bond acceptors (Lipinski definition) is 4. The van der Waals surface area contributed by atoms with Crippen LogP contribution in [0.3, 0.4) is 0 Å². The minimum Gasteiger partial charge on any atom is -0.492 e. The van der Waals surface area contributed by atoms with Crippen LogP contribution in [0, 0.1) is 0 Å². The Labute approximate surface area is 122 Å². The number of halogens is 1. The number of hydrogen-bond donors (Lipinski definition) is 1. The van der Waals surface area contributed by atoms with Gasteiger partial charge in [0.2, 0.25) is 5.75 Å². The summed E-state index contributed by atoms with van der Waals surface area (Å²) < 4.78 is 15.8. The van der Waals surface area contributed by atoms with Gasteiger partial charge in [-0.1, -0.05) is 18.5 Å². The molecule has 0 unspecified atom stereocenters. The molecule has 1 aromatic carbocycles. The van der Waals surface area contributed by atoms with E-state index in [1.165, 1.54) is 21.3 Å². The number of carboxylic acids is 1. The molecule has 0 atom stereocenters. The molecule has 0 aliphatic rings. The third kappa shape index (κ3) is 3.17. The lowest BCUT2D eigenvalue weighted by molar-refractivity contribution is -0.131. The number of methoxy groups -OCH3 is 3. The summed E-state index contributed by atoms with van der Waals surface area (Å²) in [7, 11) is 4.41. The van der Waals surface area contributed by atoms with E-state index in [4.69, 9.17) is 30.9 Å². The van der Waals surface area contributed by atoms with Gasteiger partial charge in [0.25, 0.3) is 0 Å². The lowest BCUT2D eigenvalue weighted by Crippen LogP contribution is -2.01. The monoisotopic (exact) mass is 300 g/mol. The maximum Gasteiger partial charge on any atom is 0.328 e. The van der Waals surface area contributed by atoms with Crippen LogP contribution < -0.4 is 14.2 Å². The van der Waals surface area contributed by atoms with Crippen molar-refractivity contribution in [1.82, 2.24) is 0 Å². The molecule has 0 amide bonds. The fraction of sp³-hybridized carbons (Fsp3) is 0.357. The molecule has 0 radical (unpaired) electrons. The maximum absolute atomic E-state index is 10.9. The van der Waals surface area contributed by atoms with Gasteiger partial charge in [0.05, 0.1) is 26.4 Å². The van der Waals surface area contributed by atoms with Crippen LogP contribution in [0.5, 0.6) is 17.2 Å². The second-order valence-electron chi connectivity index (χ2n) is 3.87. The second kappa shape index (κ2) is 7.05. The molecule has 0 spiro atoms. The van der Waals surface area contributed by atoms with Gasteiger partial charge in [0.15, 0.2) is 11.5 Å². The van der Waals surface area contributed by atoms with E-state index in [2.05, 4.69) is 0 Å². The highest BCUT2D eigenvalue weighted by Crippen LogP contribution is 2.47. The van der Waals surface area contributed by atoms with Gasteiger partial charge in [0.1, 0.15) is 0 Å². The molecule has 110 valence electrons. The minimum atomic E-state index is -1.03. The van der Waals surface area contributed by atoms with Crippen molar-refractivity contribution in [3.63, 3.8) is 0 Å². The quantitative estimate of drug-likeness (QED) is 0.817. The molecule has 1 rings (SSSR count). The summed E-state index contributed by atoms with van der Waals surface area (Å²) in [6.45, 7) is 1.85. The van der Waals surface area contributed by atoms with Gasteiger partial charge in [-0.3, -0.25) is 0 Å². The Morgan fingerprint density at radius 3 is 2.15 bits per heavy atom. The van der Waals surface area contributed by atoms with Gasteiger partial charge >= 0.3 is 5.97 Å². The molecule has 0 fully saturated rings.